The van der Waals surface area contributed by atoms with Crippen molar-refractivity contribution >= 4 is 22.5 Å². The summed E-state index contributed by atoms with van der Waals surface area (Å²) in [5.74, 6) is 0.0242. The molecule has 1 aromatic heterocycles. The summed E-state index contributed by atoms with van der Waals surface area (Å²) in [6.07, 6.45) is 8.98. The van der Waals surface area contributed by atoms with Crippen molar-refractivity contribution in [2.45, 2.75) is 70.1 Å². The van der Waals surface area contributed by atoms with Crippen molar-refractivity contribution < 1.29 is 4.79 Å². The van der Waals surface area contributed by atoms with Crippen LogP contribution >= 0.6 is 0 Å². The number of nitrogens with zero attached hydrogens (tertiary/aromatic N) is 2. The topological polar surface area (TPSA) is 58.4 Å². The maximum absolute atomic E-state index is 12.9. The van der Waals surface area contributed by atoms with E-state index >= 15 is 0 Å². The average Bonchev–Trinajstić information content (AvgIpc) is 3.47. The van der Waals surface area contributed by atoms with Crippen molar-refractivity contribution in [3.05, 3.63) is 35.3 Å². The lowest BCUT2D eigenvalue weighted by Gasteiger charge is -2.15. The Balaban J connectivity index is 1.66. The largest absolute Gasteiger partial charge is 0.382 e. The zero-order valence-corrected chi connectivity index (χ0v) is 15.3. The third-order valence-corrected chi connectivity index (χ3v) is 5.41. The number of carbonyl (C=O) groups is 1. The molecule has 0 bridgehead atoms. The lowest BCUT2D eigenvalue weighted by atomic mass is 10.1. The zero-order chi connectivity index (χ0) is 17.7. The summed E-state index contributed by atoms with van der Waals surface area (Å²) in [7, 11) is 0. The number of aryl methyl sites for hydroxylation is 1. The number of carbonyl (C=O) groups excluding carboxylic acids is 1. The first-order valence-corrected chi connectivity index (χ1v) is 9.99. The minimum atomic E-state index is 0.0242. The molecule has 1 heterocycles. The van der Waals surface area contributed by atoms with Crippen LogP contribution in [0, 0.1) is 0 Å². The van der Waals surface area contributed by atoms with Gasteiger partial charge in [0.15, 0.2) is 0 Å². The van der Waals surface area contributed by atoms with E-state index in [2.05, 4.69) is 40.3 Å². The monoisotopic (exact) mass is 350 g/mol. The molecular weight excluding hydrogens is 324 g/mol. The van der Waals surface area contributed by atoms with E-state index in [0.717, 1.165) is 59.7 Å². The smallest absolute Gasteiger partial charge is 0.255 e. The zero-order valence-electron chi connectivity index (χ0n) is 15.3. The number of pyridine rings is 1. The first-order valence-electron chi connectivity index (χ1n) is 9.99. The fourth-order valence-electron chi connectivity index (χ4n) is 3.40. The van der Waals surface area contributed by atoms with Gasteiger partial charge in [-0.05, 0) is 63.6 Å². The Kier molecular flexibility index (Phi) is 3.76. The molecule has 5 rings (SSSR count). The van der Waals surface area contributed by atoms with Crippen molar-refractivity contribution in [2.24, 2.45) is 4.99 Å². The van der Waals surface area contributed by atoms with Crippen molar-refractivity contribution in [3.63, 3.8) is 0 Å². The summed E-state index contributed by atoms with van der Waals surface area (Å²) in [6.45, 7) is 2.96. The molecule has 1 aromatic carbocycles. The van der Waals surface area contributed by atoms with Crippen LogP contribution in [0.1, 0.15) is 55.8 Å². The fraction of sp³-hybridized carbons (Fsp3) is 0.524. The molecule has 0 aliphatic heterocycles. The number of hydrogen-bond acceptors (Lipinski definition) is 3. The number of rotatable bonds is 6. The quantitative estimate of drug-likeness (QED) is 0.841. The summed E-state index contributed by atoms with van der Waals surface area (Å²) >= 11 is 0. The van der Waals surface area contributed by atoms with Crippen LogP contribution < -0.4 is 16.0 Å². The van der Waals surface area contributed by atoms with Crippen LogP contribution in [0.5, 0.6) is 0 Å². The highest BCUT2D eigenvalue weighted by atomic mass is 16.1. The molecule has 1 amide bonds. The summed E-state index contributed by atoms with van der Waals surface area (Å²) in [6, 6.07) is 7.85. The van der Waals surface area contributed by atoms with Crippen LogP contribution in [-0.2, 0) is 6.54 Å². The number of aromatic nitrogens is 1. The van der Waals surface area contributed by atoms with Crippen LogP contribution in [-0.4, -0.2) is 28.6 Å². The van der Waals surface area contributed by atoms with Crippen molar-refractivity contribution in [2.75, 3.05) is 5.32 Å². The maximum Gasteiger partial charge on any atom is 0.255 e. The Hall–Kier alpha value is -2.30. The van der Waals surface area contributed by atoms with Crippen LogP contribution in [0.2, 0.25) is 0 Å². The van der Waals surface area contributed by atoms with Crippen molar-refractivity contribution in [1.82, 2.24) is 9.88 Å². The molecule has 5 heteroatoms. The van der Waals surface area contributed by atoms with E-state index in [1.807, 2.05) is 6.20 Å². The predicted octanol–water partition coefficient (Wildman–Crippen LogP) is 3.19. The maximum atomic E-state index is 12.9. The minimum Gasteiger partial charge on any atom is -0.382 e. The van der Waals surface area contributed by atoms with Gasteiger partial charge in [0.25, 0.3) is 5.91 Å². The molecule has 136 valence electrons. The second-order valence-electron chi connectivity index (χ2n) is 7.94. The van der Waals surface area contributed by atoms with E-state index in [9.17, 15) is 4.79 Å². The van der Waals surface area contributed by atoms with E-state index in [-0.39, 0.29) is 5.91 Å². The van der Waals surface area contributed by atoms with Gasteiger partial charge in [-0.15, -0.1) is 0 Å². The molecule has 0 atom stereocenters. The fourth-order valence-corrected chi connectivity index (χ4v) is 3.40. The van der Waals surface area contributed by atoms with Crippen LogP contribution in [0.25, 0.3) is 10.9 Å². The highest BCUT2D eigenvalue weighted by Crippen LogP contribution is 2.28. The summed E-state index contributed by atoms with van der Waals surface area (Å²) in [4.78, 5) is 17.8. The first kappa shape index (κ1) is 15.9. The number of anilines is 1. The Morgan fingerprint density at radius 1 is 1.15 bits per heavy atom. The molecule has 2 aromatic rings. The van der Waals surface area contributed by atoms with Gasteiger partial charge >= 0.3 is 0 Å². The molecule has 2 N–H and O–H groups in total. The van der Waals surface area contributed by atoms with Crippen LogP contribution in [0.15, 0.2) is 29.4 Å². The molecule has 5 nitrogen and oxygen atoms in total. The summed E-state index contributed by atoms with van der Waals surface area (Å²) in [5.41, 5.74) is 3.04. The second kappa shape index (κ2) is 6.15. The number of benzene rings is 1. The normalized spacial score (nSPS) is 20.4. The molecule has 3 aliphatic rings. The lowest BCUT2D eigenvalue weighted by molar-refractivity contribution is 0.0949. The molecule has 0 saturated heterocycles. The molecular formula is C21H26N4O. The molecule has 0 radical (unpaired) electrons. The van der Waals surface area contributed by atoms with Crippen molar-refractivity contribution in [3.8, 4) is 0 Å². The van der Waals surface area contributed by atoms with Gasteiger partial charge in [0.05, 0.1) is 22.5 Å². The molecule has 3 saturated carbocycles. The van der Waals surface area contributed by atoms with Gasteiger partial charge in [0.2, 0.25) is 0 Å². The van der Waals surface area contributed by atoms with Gasteiger partial charge in [-0.2, -0.15) is 0 Å². The molecule has 0 spiro atoms. The number of amides is 1. The van der Waals surface area contributed by atoms with Gasteiger partial charge in [-0.25, -0.2) is 0 Å². The molecule has 26 heavy (non-hydrogen) atoms. The summed E-state index contributed by atoms with van der Waals surface area (Å²) in [5, 5.41) is 8.69. The standard InChI is InChI=1S/C21H26N4O/c1-2-25-12-18(21(26)24-15-7-8-15)20(23-14-5-6-14)17-10-9-16(11-19(17)25)22-13-3-4-13/h9-15,22H,2-8H2,1H3,(H,24,26). The van der Waals surface area contributed by atoms with Gasteiger partial charge in [0.1, 0.15) is 0 Å². The molecule has 0 unspecified atom stereocenters. The second-order valence-corrected chi connectivity index (χ2v) is 7.94. The SMILES string of the molecule is CCn1cc(C(=O)NC2CC2)c(=NC2CC2)c2ccc(NC3CC3)cc21. The predicted molar refractivity (Wildman–Crippen MR) is 103 cm³/mol. The Bertz CT molecular complexity index is 933. The number of nitrogens with one attached hydrogen (secondary N) is 2. The highest BCUT2D eigenvalue weighted by Gasteiger charge is 2.27. The van der Waals surface area contributed by atoms with Gasteiger partial charge in [-0.1, -0.05) is 0 Å². The van der Waals surface area contributed by atoms with Crippen LogP contribution in [0.4, 0.5) is 5.69 Å². The summed E-state index contributed by atoms with van der Waals surface area (Å²) < 4.78 is 2.18. The van der Waals surface area contributed by atoms with Crippen molar-refractivity contribution in [1.29, 1.82) is 0 Å². The van der Waals surface area contributed by atoms with E-state index in [4.69, 9.17) is 4.99 Å². The van der Waals surface area contributed by atoms with E-state index < -0.39 is 0 Å². The third kappa shape index (κ3) is 3.22. The van der Waals surface area contributed by atoms with Gasteiger partial charge in [-0.3, -0.25) is 9.79 Å². The van der Waals surface area contributed by atoms with E-state index in [1.165, 1.54) is 12.8 Å². The lowest BCUT2D eigenvalue weighted by Crippen LogP contribution is -2.32. The third-order valence-electron chi connectivity index (χ3n) is 5.41. The number of hydrogen-bond donors (Lipinski definition) is 2. The minimum absolute atomic E-state index is 0.0242. The van der Waals surface area contributed by atoms with E-state index in [0.29, 0.717) is 18.1 Å². The van der Waals surface area contributed by atoms with Gasteiger partial charge in [0, 0.05) is 35.9 Å². The average molecular weight is 350 g/mol. The Morgan fingerprint density at radius 2 is 1.92 bits per heavy atom. The number of fused-ring (bicyclic) bond motifs is 1. The first-order chi connectivity index (χ1) is 12.7. The molecule has 3 aliphatic carbocycles. The van der Waals surface area contributed by atoms with E-state index in [1.54, 1.807) is 0 Å². The molecule has 3 fully saturated rings. The highest BCUT2D eigenvalue weighted by molar-refractivity contribution is 5.98. The Morgan fingerprint density at radius 3 is 2.58 bits per heavy atom. The van der Waals surface area contributed by atoms with Crippen LogP contribution in [0.3, 0.4) is 0 Å². The van der Waals surface area contributed by atoms with Gasteiger partial charge < -0.3 is 15.2 Å². The Labute approximate surface area is 153 Å².